The zero-order valence-corrected chi connectivity index (χ0v) is 22.4. The first-order valence-electron chi connectivity index (χ1n) is 11.5. The molecule has 0 aliphatic heterocycles. The predicted octanol–water partition coefficient (Wildman–Crippen LogP) is 3.54. The van der Waals surface area contributed by atoms with Crippen LogP contribution in [0.2, 0.25) is 0 Å². The molecular formula is C27H32N2O7S. The second-order valence-corrected chi connectivity index (χ2v) is 10.1. The molecule has 0 aromatic heterocycles. The summed E-state index contributed by atoms with van der Waals surface area (Å²) in [6.45, 7) is 2.01. The fourth-order valence-corrected chi connectivity index (χ4v) is 4.75. The van der Waals surface area contributed by atoms with Crippen molar-refractivity contribution in [2.75, 3.05) is 35.0 Å². The fourth-order valence-electron chi connectivity index (χ4n) is 3.65. The first kappa shape index (κ1) is 27.8. The van der Waals surface area contributed by atoms with Crippen molar-refractivity contribution in [3.05, 3.63) is 77.4 Å². The molecule has 0 atom stereocenters. The molecule has 0 saturated carbocycles. The van der Waals surface area contributed by atoms with Crippen LogP contribution in [0.5, 0.6) is 23.0 Å². The molecule has 0 bridgehead atoms. The van der Waals surface area contributed by atoms with Gasteiger partial charge in [0.15, 0.2) is 18.1 Å². The fraction of sp³-hybridized carbons (Fsp3) is 0.296. The lowest BCUT2D eigenvalue weighted by Crippen LogP contribution is -2.31. The standard InChI is InChI=1S/C27H32N2O7S/c1-19-13-22(37(31,32)28-16-20-9-7-6-8-10-20)11-12-23(19)36-18-26(30)29(2)17-21-14-24(33-3)27(35-5)25(15-21)34-4/h6-15,28H,16-18H2,1-5H3. The summed E-state index contributed by atoms with van der Waals surface area (Å²) in [4.78, 5) is 14.4. The molecule has 198 valence electrons. The smallest absolute Gasteiger partial charge is 0.260 e. The van der Waals surface area contributed by atoms with Crippen molar-refractivity contribution in [3.8, 4) is 23.0 Å². The van der Waals surface area contributed by atoms with Crippen LogP contribution in [0.25, 0.3) is 0 Å². The van der Waals surface area contributed by atoms with Gasteiger partial charge in [0, 0.05) is 20.1 Å². The molecule has 1 N–H and O–H groups in total. The van der Waals surface area contributed by atoms with Gasteiger partial charge in [-0.2, -0.15) is 0 Å². The molecule has 0 aliphatic rings. The highest BCUT2D eigenvalue weighted by Crippen LogP contribution is 2.38. The van der Waals surface area contributed by atoms with Crippen molar-refractivity contribution in [3.63, 3.8) is 0 Å². The Morgan fingerprint density at radius 3 is 2.08 bits per heavy atom. The number of sulfonamides is 1. The topological polar surface area (TPSA) is 103 Å². The molecule has 0 spiro atoms. The van der Waals surface area contributed by atoms with Crippen LogP contribution in [0.4, 0.5) is 0 Å². The average Bonchev–Trinajstić information content (AvgIpc) is 2.90. The third-order valence-corrected chi connectivity index (χ3v) is 7.09. The van der Waals surface area contributed by atoms with Gasteiger partial charge in [0.05, 0.1) is 26.2 Å². The van der Waals surface area contributed by atoms with Crippen LogP contribution in [0.3, 0.4) is 0 Å². The first-order valence-corrected chi connectivity index (χ1v) is 13.0. The average molecular weight is 529 g/mol. The van der Waals surface area contributed by atoms with Gasteiger partial charge in [0.25, 0.3) is 5.91 Å². The molecule has 3 rings (SSSR count). The molecule has 0 saturated heterocycles. The molecule has 3 aromatic rings. The zero-order valence-electron chi connectivity index (χ0n) is 21.6. The van der Waals surface area contributed by atoms with E-state index in [-0.39, 0.29) is 24.0 Å². The Balaban J connectivity index is 1.61. The maximum atomic E-state index is 12.7. The number of ether oxygens (including phenoxy) is 4. The normalized spacial score (nSPS) is 11.1. The first-order chi connectivity index (χ1) is 17.7. The number of methoxy groups -OCH3 is 3. The highest BCUT2D eigenvalue weighted by Gasteiger charge is 2.18. The van der Waals surface area contributed by atoms with Gasteiger partial charge in [0.2, 0.25) is 15.8 Å². The van der Waals surface area contributed by atoms with Crippen LogP contribution in [0.1, 0.15) is 16.7 Å². The third-order valence-electron chi connectivity index (χ3n) is 5.69. The second-order valence-electron chi connectivity index (χ2n) is 8.31. The summed E-state index contributed by atoms with van der Waals surface area (Å²) in [7, 11) is 2.54. The van der Waals surface area contributed by atoms with E-state index in [2.05, 4.69) is 4.72 Å². The van der Waals surface area contributed by atoms with E-state index in [1.54, 1.807) is 32.2 Å². The number of benzene rings is 3. The van der Waals surface area contributed by atoms with Crippen molar-refractivity contribution >= 4 is 15.9 Å². The van der Waals surface area contributed by atoms with Gasteiger partial charge >= 0.3 is 0 Å². The van der Waals surface area contributed by atoms with E-state index in [0.717, 1.165) is 11.1 Å². The maximum absolute atomic E-state index is 12.7. The SMILES string of the molecule is COc1cc(CN(C)C(=O)COc2ccc(S(=O)(=O)NCc3ccccc3)cc2C)cc(OC)c1OC. The number of likely N-dealkylation sites (N-methyl/N-ethyl adjacent to an activating group) is 1. The highest BCUT2D eigenvalue weighted by atomic mass is 32.2. The van der Waals surface area contributed by atoms with E-state index < -0.39 is 10.0 Å². The number of nitrogens with zero attached hydrogens (tertiary/aromatic N) is 1. The molecule has 0 aliphatic carbocycles. The van der Waals surface area contributed by atoms with Gasteiger partial charge in [-0.05, 0) is 53.9 Å². The van der Waals surface area contributed by atoms with Gasteiger partial charge in [-0.1, -0.05) is 30.3 Å². The number of carbonyl (C=O) groups is 1. The summed E-state index contributed by atoms with van der Waals surface area (Å²) < 4.78 is 49.8. The Labute approximate surface area is 218 Å². The Hall–Kier alpha value is -3.76. The lowest BCUT2D eigenvalue weighted by atomic mass is 10.1. The van der Waals surface area contributed by atoms with Crippen molar-refractivity contribution < 1.29 is 32.2 Å². The molecule has 0 fully saturated rings. The molecule has 0 unspecified atom stereocenters. The summed E-state index contributed by atoms with van der Waals surface area (Å²) in [5.74, 6) is 1.64. The predicted molar refractivity (Wildman–Crippen MR) is 140 cm³/mol. The lowest BCUT2D eigenvalue weighted by Gasteiger charge is -2.20. The minimum atomic E-state index is -3.70. The number of rotatable bonds is 12. The van der Waals surface area contributed by atoms with Crippen LogP contribution < -0.4 is 23.7 Å². The van der Waals surface area contributed by atoms with E-state index in [4.69, 9.17) is 18.9 Å². The Morgan fingerprint density at radius 1 is 0.865 bits per heavy atom. The van der Waals surface area contributed by atoms with Crippen LogP contribution >= 0.6 is 0 Å². The Morgan fingerprint density at radius 2 is 1.51 bits per heavy atom. The molecule has 3 aromatic carbocycles. The summed E-state index contributed by atoms with van der Waals surface area (Å²) in [5, 5.41) is 0. The quantitative estimate of drug-likeness (QED) is 0.384. The van der Waals surface area contributed by atoms with Crippen LogP contribution in [0.15, 0.2) is 65.6 Å². The lowest BCUT2D eigenvalue weighted by molar-refractivity contribution is -0.132. The summed E-state index contributed by atoms with van der Waals surface area (Å²) in [6, 6.07) is 17.4. The van der Waals surface area contributed by atoms with Gasteiger partial charge in [-0.3, -0.25) is 4.79 Å². The van der Waals surface area contributed by atoms with Gasteiger partial charge < -0.3 is 23.8 Å². The summed E-state index contributed by atoms with van der Waals surface area (Å²) in [6.07, 6.45) is 0. The molecule has 10 heteroatoms. The van der Waals surface area contributed by atoms with E-state index in [9.17, 15) is 13.2 Å². The van der Waals surface area contributed by atoms with E-state index in [1.807, 2.05) is 30.3 Å². The van der Waals surface area contributed by atoms with E-state index in [1.165, 1.54) is 38.4 Å². The zero-order chi connectivity index (χ0) is 27.0. The third kappa shape index (κ3) is 7.14. The van der Waals surface area contributed by atoms with Crippen LogP contribution in [0, 0.1) is 6.92 Å². The Kier molecular flexibility index (Phi) is 9.37. The number of nitrogens with one attached hydrogen (secondary N) is 1. The van der Waals surface area contributed by atoms with E-state index in [0.29, 0.717) is 35.1 Å². The highest BCUT2D eigenvalue weighted by molar-refractivity contribution is 7.89. The molecular weight excluding hydrogens is 496 g/mol. The van der Waals surface area contributed by atoms with Gasteiger partial charge in [-0.25, -0.2) is 13.1 Å². The number of amides is 1. The number of aryl methyl sites for hydroxylation is 1. The molecule has 9 nitrogen and oxygen atoms in total. The monoisotopic (exact) mass is 528 g/mol. The number of hydrogen-bond donors (Lipinski definition) is 1. The largest absolute Gasteiger partial charge is 0.493 e. The minimum absolute atomic E-state index is 0.124. The van der Waals surface area contributed by atoms with Crippen molar-refractivity contribution in [2.24, 2.45) is 0 Å². The minimum Gasteiger partial charge on any atom is -0.493 e. The van der Waals surface area contributed by atoms with E-state index >= 15 is 0 Å². The van der Waals surface area contributed by atoms with Gasteiger partial charge in [-0.15, -0.1) is 0 Å². The molecule has 0 heterocycles. The van der Waals surface area contributed by atoms with Gasteiger partial charge in [0.1, 0.15) is 5.75 Å². The van der Waals surface area contributed by atoms with Crippen LogP contribution in [-0.4, -0.2) is 54.2 Å². The maximum Gasteiger partial charge on any atom is 0.260 e. The number of carbonyl (C=O) groups excluding carboxylic acids is 1. The molecule has 37 heavy (non-hydrogen) atoms. The van der Waals surface area contributed by atoms with Crippen molar-refractivity contribution in [1.82, 2.24) is 9.62 Å². The summed E-state index contributed by atoms with van der Waals surface area (Å²) >= 11 is 0. The van der Waals surface area contributed by atoms with Crippen LogP contribution in [-0.2, 0) is 27.9 Å². The molecule has 1 amide bonds. The second kappa shape index (κ2) is 12.5. The van der Waals surface area contributed by atoms with Crippen molar-refractivity contribution in [1.29, 1.82) is 0 Å². The number of hydrogen-bond acceptors (Lipinski definition) is 7. The van der Waals surface area contributed by atoms with Crippen molar-refractivity contribution in [2.45, 2.75) is 24.9 Å². The summed E-state index contributed by atoms with van der Waals surface area (Å²) in [5.41, 5.74) is 2.25. The Bertz CT molecular complexity index is 1300. The molecule has 0 radical (unpaired) electrons.